The zero-order valence-electron chi connectivity index (χ0n) is 9.79. The van der Waals surface area contributed by atoms with E-state index in [1.165, 1.54) is 6.42 Å². The third kappa shape index (κ3) is 4.43. The number of rotatable bonds is 4. The molecule has 1 aliphatic heterocycles. The second-order valence-electron chi connectivity index (χ2n) is 4.08. The third-order valence-electron chi connectivity index (χ3n) is 3.01. The Morgan fingerprint density at radius 1 is 1.47 bits per heavy atom. The minimum absolute atomic E-state index is 0.302. The van der Waals surface area contributed by atoms with E-state index in [-0.39, 0.29) is 0 Å². The summed E-state index contributed by atoms with van der Waals surface area (Å²) in [4.78, 5) is 13.8. The molecule has 0 radical (unpaired) electrons. The number of amides is 1. The zero-order chi connectivity index (χ0) is 11.1. The first-order valence-electron chi connectivity index (χ1n) is 5.71. The van der Waals surface area contributed by atoms with Crippen LogP contribution in [-0.2, 0) is 4.79 Å². The van der Waals surface area contributed by atoms with Crippen molar-refractivity contribution in [2.45, 2.75) is 31.7 Å². The van der Waals surface area contributed by atoms with Gasteiger partial charge in [-0.15, -0.1) is 0 Å². The normalized spacial score (nSPS) is 22.1. The molecule has 0 aliphatic carbocycles. The van der Waals surface area contributed by atoms with Gasteiger partial charge >= 0.3 is 0 Å². The number of nitrogens with one attached hydrogen (secondary N) is 1. The molecule has 1 rings (SSSR count). The van der Waals surface area contributed by atoms with E-state index >= 15 is 0 Å². The number of nitrogens with zero attached hydrogens (tertiary/aromatic N) is 1. The Hall–Kier alpha value is -0.220. The van der Waals surface area contributed by atoms with Crippen molar-refractivity contribution in [1.29, 1.82) is 0 Å². The fourth-order valence-electron chi connectivity index (χ4n) is 1.96. The van der Waals surface area contributed by atoms with Crippen molar-refractivity contribution in [3.8, 4) is 0 Å². The Morgan fingerprint density at radius 2 is 2.27 bits per heavy atom. The van der Waals surface area contributed by atoms with Crippen LogP contribution in [0, 0.1) is 0 Å². The van der Waals surface area contributed by atoms with Crippen molar-refractivity contribution in [2.24, 2.45) is 0 Å². The van der Waals surface area contributed by atoms with E-state index in [0.717, 1.165) is 31.7 Å². The van der Waals surface area contributed by atoms with Crippen LogP contribution in [0.5, 0.6) is 0 Å². The maximum atomic E-state index is 11.8. The molecule has 0 bridgehead atoms. The molecule has 1 fully saturated rings. The van der Waals surface area contributed by atoms with E-state index in [0.29, 0.717) is 18.4 Å². The van der Waals surface area contributed by atoms with Crippen molar-refractivity contribution in [1.82, 2.24) is 10.2 Å². The number of carbonyl (C=O) groups is 1. The van der Waals surface area contributed by atoms with E-state index in [9.17, 15) is 4.79 Å². The van der Waals surface area contributed by atoms with E-state index in [1.54, 1.807) is 11.8 Å². The summed E-state index contributed by atoms with van der Waals surface area (Å²) in [6.07, 6.45) is 6.16. The summed E-state index contributed by atoms with van der Waals surface area (Å²) in [5, 5.41) is 3.37. The molecule has 0 aromatic rings. The SMILES string of the molecule is CSCCC(=O)N(C)C1CCCNCC1. The van der Waals surface area contributed by atoms with Crippen LogP contribution in [0.2, 0.25) is 0 Å². The van der Waals surface area contributed by atoms with E-state index < -0.39 is 0 Å². The molecule has 0 saturated carbocycles. The quantitative estimate of drug-likeness (QED) is 0.791. The average Bonchev–Trinajstić information content (AvgIpc) is 2.53. The van der Waals surface area contributed by atoms with Gasteiger partial charge in [-0.3, -0.25) is 4.79 Å². The summed E-state index contributed by atoms with van der Waals surface area (Å²) in [6.45, 7) is 2.15. The first-order valence-corrected chi connectivity index (χ1v) is 7.10. The van der Waals surface area contributed by atoms with Crippen LogP contribution in [0.3, 0.4) is 0 Å². The highest BCUT2D eigenvalue weighted by Crippen LogP contribution is 2.13. The van der Waals surface area contributed by atoms with Gasteiger partial charge in [-0.05, 0) is 38.6 Å². The lowest BCUT2D eigenvalue weighted by molar-refractivity contribution is -0.131. The maximum Gasteiger partial charge on any atom is 0.223 e. The van der Waals surface area contributed by atoms with Gasteiger partial charge in [0.05, 0.1) is 0 Å². The number of carbonyl (C=O) groups excluding carboxylic acids is 1. The summed E-state index contributed by atoms with van der Waals surface area (Å²) < 4.78 is 0. The van der Waals surface area contributed by atoms with Gasteiger partial charge in [0.2, 0.25) is 5.91 Å². The summed E-state index contributed by atoms with van der Waals surface area (Å²) in [6, 6.07) is 0.453. The monoisotopic (exact) mass is 230 g/mol. The van der Waals surface area contributed by atoms with Crippen LogP contribution in [0.15, 0.2) is 0 Å². The summed E-state index contributed by atoms with van der Waals surface area (Å²) >= 11 is 1.74. The Labute approximate surface area is 97.0 Å². The van der Waals surface area contributed by atoms with Crippen molar-refractivity contribution in [3.05, 3.63) is 0 Å². The minimum Gasteiger partial charge on any atom is -0.343 e. The molecule has 1 unspecified atom stereocenters. The van der Waals surface area contributed by atoms with E-state index in [4.69, 9.17) is 0 Å². The molecule has 1 aliphatic rings. The molecular weight excluding hydrogens is 208 g/mol. The van der Waals surface area contributed by atoms with Gasteiger partial charge in [-0.25, -0.2) is 0 Å². The van der Waals surface area contributed by atoms with Crippen LogP contribution in [0.4, 0.5) is 0 Å². The van der Waals surface area contributed by atoms with Crippen LogP contribution in [0.1, 0.15) is 25.7 Å². The largest absolute Gasteiger partial charge is 0.343 e. The van der Waals surface area contributed by atoms with E-state index in [2.05, 4.69) is 5.32 Å². The van der Waals surface area contributed by atoms with Crippen molar-refractivity contribution < 1.29 is 4.79 Å². The lowest BCUT2D eigenvalue weighted by atomic mass is 10.1. The van der Waals surface area contributed by atoms with E-state index in [1.807, 2.05) is 18.2 Å². The molecule has 1 saturated heterocycles. The molecule has 15 heavy (non-hydrogen) atoms. The predicted octanol–water partition coefficient (Wildman–Crippen LogP) is 1.34. The molecule has 0 aromatic carbocycles. The van der Waals surface area contributed by atoms with Gasteiger partial charge in [-0.1, -0.05) is 0 Å². The highest BCUT2D eigenvalue weighted by atomic mass is 32.2. The Bertz CT molecular complexity index is 191. The molecule has 0 spiro atoms. The van der Waals surface area contributed by atoms with Gasteiger partial charge in [0.15, 0.2) is 0 Å². The average molecular weight is 230 g/mol. The van der Waals surface area contributed by atoms with Gasteiger partial charge in [0, 0.05) is 25.3 Å². The second kappa shape index (κ2) is 7.12. The topological polar surface area (TPSA) is 32.3 Å². The predicted molar refractivity (Wildman–Crippen MR) is 66.3 cm³/mol. The maximum absolute atomic E-state index is 11.8. The highest BCUT2D eigenvalue weighted by Gasteiger charge is 2.20. The fourth-order valence-corrected chi connectivity index (χ4v) is 2.34. The second-order valence-corrected chi connectivity index (χ2v) is 5.07. The Morgan fingerprint density at radius 3 is 3.00 bits per heavy atom. The van der Waals surface area contributed by atoms with Crippen molar-refractivity contribution in [3.63, 3.8) is 0 Å². The lowest BCUT2D eigenvalue weighted by Gasteiger charge is -2.27. The summed E-state index contributed by atoms with van der Waals surface area (Å²) in [5.74, 6) is 1.24. The molecule has 1 atom stereocenters. The zero-order valence-corrected chi connectivity index (χ0v) is 10.6. The molecule has 1 amide bonds. The summed E-state index contributed by atoms with van der Waals surface area (Å²) in [7, 11) is 1.96. The molecule has 1 N–H and O–H groups in total. The van der Waals surface area contributed by atoms with Crippen LogP contribution in [-0.4, -0.2) is 49.0 Å². The number of thioether (sulfide) groups is 1. The summed E-state index contributed by atoms with van der Waals surface area (Å²) in [5.41, 5.74) is 0. The van der Waals surface area contributed by atoms with Crippen LogP contribution >= 0.6 is 11.8 Å². The Kier molecular flexibility index (Phi) is 6.10. The smallest absolute Gasteiger partial charge is 0.223 e. The fraction of sp³-hybridized carbons (Fsp3) is 0.909. The number of hydrogen-bond donors (Lipinski definition) is 1. The standard InChI is InChI=1S/C11H22N2OS/c1-13(11(14)6-9-15-2)10-4-3-7-12-8-5-10/h10,12H,3-9H2,1-2H3. The first kappa shape index (κ1) is 12.8. The van der Waals surface area contributed by atoms with Gasteiger partial charge < -0.3 is 10.2 Å². The number of hydrogen-bond acceptors (Lipinski definition) is 3. The third-order valence-corrected chi connectivity index (χ3v) is 3.62. The first-order chi connectivity index (χ1) is 7.25. The molecule has 1 heterocycles. The van der Waals surface area contributed by atoms with Crippen molar-refractivity contribution >= 4 is 17.7 Å². The van der Waals surface area contributed by atoms with Crippen LogP contribution < -0.4 is 5.32 Å². The highest BCUT2D eigenvalue weighted by molar-refractivity contribution is 7.98. The van der Waals surface area contributed by atoms with Crippen LogP contribution in [0.25, 0.3) is 0 Å². The van der Waals surface area contributed by atoms with Gasteiger partial charge in [0.25, 0.3) is 0 Å². The van der Waals surface area contributed by atoms with Gasteiger partial charge in [-0.2, -0.15) is 11.8 Å². The molecule has 4 heteroatoms. The molecule has 3 nitrogen and oxygen atoms in total. The van der Waals surface area contributed by atoms with Gasteiger partial charge in [0.1, 0.15) is 0 Å². The molecule has 88 valence electrons. The Balaban J connectivity index is 2.35. The lowest BCUT2D eigenvalue weighted by Crippen LogP contribution is -2.37. The minimum atomic E-state index is 0.302. The molecular formula is C11H22N2OS. The molecule has 0 aromatic heterocycles. The van der Waals surface area contributed by atoms with Crippen molar-refractivity contribution in [2.75, 3.05) is 32.1 Å².